The molecular formula is C13H25N3O. The molecule has 2 heterocycles. The highest BCUT2D eigenvalue weighted by atomic mass is 16.2. The number of nitrogens with zero attached hydrogens (tertiary/aromatic N) is 1. The quantitative estimate of drug-likeness (QED) is 0.748. The molecule has 0 spiro atoms. The molecule has 0 radical (unpaired) electrons. The molecule has 2 saturated heterocycles. The molecule has 0 aromatic rings. The van der Waals surface area contributed by atoms with E-state index in [9.17, 15) is 4.79 Å². The van der Waals surface area contributed by atoms with Crippen LogP contribution in [0.25, 0.3) is 0 Å². The molecule has 17 heavy (non-hydrogen) atoms. The molecule has 2 aliphatic rings. The van der Waals surface area contributed by atoms with E-state index in [1.54, 1.807) is 0 Å². The highest BCUT2D eigenvalue weighted by Crippen LogP contribution is 2.16. The average Bonchev–Trinajstić information content (AvgIpc) is 2.94. The molecule has 0 aliphatic carbocycles. The fourth-order valence-corrected chi connectivity index (χ4v) is 2.91. The predicted molar refractivity (Wildman–Crippen MR) is 68.8 cm³/mol. The number of hydrogen-bond donors (Lipinski definition) is 2. The van der Waals surface area contributed by atoms with E-state index in [0.29, 0.717) is 11.8 Å². The first kappa shape index (κ1) is 12.8. The summed E-state index contributed by atoms with van der Waals surface area (Å²) in [5.41, 5.74) is 0. The summed E-state index contributed by atoms with van der Waals surface area (Å²) < 4.78 is 0. The third kappa shape index (κ3) is 3.19. The summed E-state index contributed by atoms with van der Waals surface area (Å²) in [5.74, 6) is 1.33. The zero-order valence-electron chi connectivity index (χ0n) is 11.0. The molecule has 2 fully saturated rings. The van der Waals surface area contributed by atoms with E-state index >= 15 is 0 Å². The maximum atomic E-state index is 12.0. The van der Waals surface area contributed by atoms with Gasteiger partial charge in [0, 0.05) is 13.1 Å². The van der Waals surface area contributed by atoms with Crippen LogP contribution in [0.5, 0.6) is 0 Å². The van der Waals surface area contributed by atoms with Crippen molar-refractivity contribution in [3.05, 3.63) is 0 Å². The summed E-state index contributed by atoms with van der Waals surface area (Å²) in [4.78, 5) is 14.4. The summed E-state index contributed by atoms with van der Waals surface area (Å²) in [7, 11) is 0. The predicted octanol–water partition coefficient (Wildman–Crippen LogP) is 0.442. The summed E-state index contributed by atoms with van der Waals surface area (Å²) in [6.45, 7) is 9.64. The van der Waals surface area contributed by atoms with Crippen LogP contribution in [0.1, 0.15) is 26.7 Å². The molecule has 3 atom stereocenters. The minimum Gasteiger partial charge on any atom is -0.354 e. The average molecular weight is 239 g/mol. The van der Waals surface area contributed by atoms with Gasteiger partial charge in [0.1, 0.15) is 0 Å². The zero-order valence-corrected chi connectivity index (χ0v) is 11.0. The largest absolute Gasteiger partial charge is 0.354 e. The second kappa shape index (κ2) is 5.83. The van der Waals surface area contributed by atoms with Gasteiger partial charge in [-0.1, -0.05) is 13.8 Å². The smallest absolute Gasteiger partial charge is 0.237 e. The lowest BCUT2D eigenvalue weighted by molar-refractivity contribution is -0.123. The van der Waals surface area contributed by atoms with Crippen molar-refractivity contribution in [3.8, 4) is 0 Å². The molecule has 0 saturated carbocycles. The van der Waals surface area contributed by atoms with Crippen LogP contribution in [-0.2, 0) is 4.79 Å². The van der Waals surface area contributed by atoms with Crippen LogP contribution >= 0.6 is 0 Å². The first-order valence-electron chi connectivity index (χ1n) is 6.94. The Morgan fingerprint density at radius 2 is 2.29 bits per heavy atom. The minimum atomic E-state index is 0.0404. The molecular weight excluding hydrogens is 214 g/mol. The fourth-order valence-electron chi connectivity index (χ4n) is 2.91. The number of carbonyl (C=O) groups is 1. The lowest BCUT2D eigenvalue weighted by Gasteiger charge is -2.18. The van der Waals surface area contributed by atoms with Gasteiger partial charge in [-0.05, 0) is 44.3 Å². The van der Waals surface area contributed by atoms with Crippen LogP contribution in [-0.4, -0.2) is 49.6 Å². The van der Waals surface area contributed by atoms with E-state index < -0.39 is 0 Å². The Balaban J connectivity index is 1.70. The van der Waals surface area contributed by atoms with Crippen LogP contribution in [0.15, 0.2) is 0 Å². The van der Waals surface area contributed by atoms with Crippen molar-refractivity contribution >= 4 is 5.91 Å². The molecule has 4 heteroatoms. The molecule has 0 aromatic carbocycles. The highest BCUT2D eigenvalue weighted by Gasteiger charge is 2.30. The van der Waals surface area contributed by atoms with Crippen LogP contribution in [0, 0.1) is 11.8 Å². The summed E-state index contributed by atoms with van der Waals surface area (Å²) in [5, 5.41) is 6.39. The van der Waals surface area contributed by atoms with Crippen LogP contribution in [0.2, 0.25) is 0 Å². The van der Waals surface area contributed by atoms with Gasteiger partial charge in [0.05, 0.1) is 6.04 Å². The standard InChI is InChI=1S/C13H25N3O/c1-3-16-7-5-11(9-16)8-15-13(17)12-10(2)4-6-14-12/h10-12,14H,3-9H2,1-2H3,(H,15,17). The van der Waals surface area contributed by atoms with Gasteiger partial charge in [-0.2, -0.15) is 0 Å². The highest BCUT2D eigenvalue weighted by molar-refractivity contribution is 5.82. The summed E-state index contributed by atoms with van der Waals surface area (Å²) >= 11 is 0. The van der Waals surface area contributed by atoms with E-state index in [1.807, 2.05) is 0 Å². The Kier molecular flexibility index (Phi) is 4.40. The molecule has 2 rings (SSSR count). The van der Waals surface area contributed by atoms with Crippen molar-refractivity contribution in [1.82, 2.24) is 15.5 Å². The van der Waals surface area contributed by atoms with Gasteiger partial charge in [0.2, 0.25) is 5.91 Å². The Hall–Kier alpha value is -0.610. The van der Waals surface area contributed by atoms with Crippen molar-refractivity contribution < 1.29 is 4.79 Å². The van der Waals surface area contributed by atoms with Gasteiger partial charge < -0.3 is 15.5 Å². The topological polar surface area (TPSA) is 44.4 Å². The van der Waals surface area contributed by atoms with Gasteiger partial charge in [-0.3, -0.25) is 4.79 Å². The lowest BCUT2D eigenvalue weighted by Crippen LogP contribution is -2.45. The molecule has 1 amide bonds. The maximum absolute atomic E-state index is 12.0. The van der Waals surface area contributed by atoms with Crippen molar-refractivity contribution in [2.24, 2.45) is 11.8 Å². The number of amides is 1. The minimum absolute atomic E-state index is 0.0404. The molecule has 0 bridgehead atoms. The van der Waals surface area contributed by atoms with Crippen molar-refractivity contribution in [3.63, 3.8) is 0 Å². The summed E-state index contributed by atoms with van der Waals surface area (Å²) in [6.07, 6.45) is 2.34. The van der Waals surface area contributed by atoms with Crippen molar-refractivity contribution in [1.29, 1.82) is 0 Å². The van der Waals surface area contributed by atoms with E-state index in [1.165, 1.54) is 13.0 Å². The number of likely N-dealkylation sites (tertiary alicyclic amines) is 1. The monoisotopic (exact) mass is 239 g/mol. The van der Waals surface area contributed by atoms with E-state index in [2.05, 4.69) is 29.4 Å². The SMILES string of the molecule is CCN1CCC(CNC(=O)C2NCCC2C)C1. The van der Waals surface area contributed by atoms with E-state index in [4.69, 9.17) is 0 Å². The van der Waals surface area contributed by atoms with Crippen LogP contribution in [0.4, 0.5) is 0 Å². The second-order valence-electron chi connectivity index (χ2n) is 5.49. The van der Waals surface area contributed by atoms with Gasteiger partial charge in [-0.15, -0.1) is 0 Å². The van der Waals surface area contributed by atoms with Gasteiger partial charge in [0.15, 0.2) is 0 Å². The number of nitrogens with one attached hydrogen (secondary N) is 2. The molecule has 0 aromatic heterocycles. The normalized spacial score (nSPS) is 34.1. The third-order valence-electron chi connectivity index (χ3n) is 4.20. The molecule has 2 N–H and O–H groups in total. The molecule has 3 unspecified atom stereocenters. The van der Waals surface area contributed by atoms with Crippen LogP contribution in [0.3, 0.4) is 0 Å². The second-order valence-corrected chi connectivity index (χ2v) is 5.49. The maximum Gasteiger partial charge on any atom is 0.237 e. The molecule has 98 valence electrons. The number of hydrogen-bond acceptors (Lipinski definition) is 3. The molecule has 2 aliphatic heterocycles. The Morgan fingerprint density at radius 3 is 2.88 bits per heavy atom. The number of rotatable bonds is 4. The van der Waals surface area contributed by atoms with Gasteiger partial charge in [-0.25, -0.2) is 0 Å². The third-order valence-corrected chi connectivity index (χ3v) is 4.20. The Labute approximate surface area is 104 Å². The molecule has 4 nitrogen and oxygen atoms in total. The zero-order chi connectivity index (χ0) is 12.3. The van der Waals surface area contributed by atoms with E-state index in [0.717, 1.165) is 32.6 Å². The number of carbonyl (C=O) groups excluding carboxylic acids is 1. The van der Waals surface area contributed by atoms with Crippen molar-refractivity contribution in [2.75, 3.05) is 32.7 Å². The van der Waals surface area contributed by atoms with Crippen LogP contribution < -0.4 is 10.6 Å². The lowest BCUT2D eigenvalue weighted by atomic mass is 10.0. The first-order chi connectivity index (χ1) is 8.20. The van der Waals surface area contributed by atoms with Gasteiger partial charge in [0.25, 0.3) is 0 Å². The van der Waals surface area contributed by atoms with Gasteiger partial charge >= 0.3 is 0 Å². The Bertz CT molecular complexity index is 269. The fraction of sp³-hybridized carbons (Fsp3) is 0.923. The first-order valence-corrected chi connectivity index (χ1v) is 6.94. The van der Waals surface area contributed by atoms with Crippen molar-refractivity contribution in [2.45, 2.75) is 32.7 Å². The Morgan fingerprint density at radius 1 is 1.47 bits per heavy atom. The summed E-state index contributed by atoms with van der Waals surface area (Å²) in [6, 6.07) is 0.0404. The van der Waals surface area contributed by atoms with E-state index in [-0.39, 0.29) is 11.9 Å².